The zero-order valence-electron chi connectivity index (χ0n) is 20.2. The van der Waals surface area contributed by atoms with Crippen LogP contribution in [0.5, 0.6) is 5.75 Å². The molecule has 36 heavy (non-hydrogen) atoms. The molecule has 1 aliphatic carbocycles. The van der Waals surface area contributed by atoms with Crippen molar-refractivity contribution in [2.45, 2.75) is 38.7 Å². The Bertz CT molecular complexity index is 1250. The monoisotopic (exact) mass is 509 g/mol. The van der Waals surface area contributed by atoms with E-state index in [2.05, 4.69) is 58.0 Å². The van der Waals surface area contributed by atoms with Crippen molar-refractivity contribution in [3.8, 4) is 11.4 Å². The highest BCUT2D eigenvalue weighted by Gasteiger charge is 2.26. The zero-order chi connectivity index (χ0) is 25.7. The highest BCUT2D eigenvalue weighted by atomic mass is 32.1. The lowest BCUT2D eigenvalue weighted by molar-refractivity contribution is -0.131. The number of allylic oxidation sites excluding steroid dienone is 1. The van der Waals surface area contributed by atoms with Crippen LogP contribution in [0.2, 0.25) is 0 Å². The van der Waals surface area contributed by atoms with Gasteiger partial charge in [0.25, 0.3) is 0 Å². The van der Waals surface area contributed by atoms with Gasteiger partial charge in [-0.1, -0.05) is 44.7 Å². The Hall–Kier alpha value is -3.59. The van der Waals surface area contributed by atoms with E-state index in [1.807, 2.05) is 18.2 Å². The maximum Gasteiger partial charge on any atom is 0.419 e. The average Bonchev–Trinajstić information content (AvgIpc) is 3.53. The molecule has 4 rings (SSSR count). The van der Waals surface area contributed by atoms with E-state index < -0.39 is 6.11 Å². The molecule has 9 heteroatoms. The Morgan fingerprint density at radius 2 is 2.00 bits per heavy atom. The van der Waals surface area contributed by atoms with Crippen LogP contribution in [0.3, 0.4) is 0 Å². The number of aromatic nitrogens is 3. The summed E-state index contributed by atoms with van der Waals surface area (Å²) in [6, 6.07) is 14.4. The summed E-state index contributed by atoms with van der Waals surface area (Å²) in [5, 5.41) is 11.8. The molecule has 3 aromatic rings. The number of ether oxygens (including phenoxy) is 1. The van der Waals surface area contributed by atoms with Gasteiger partial charge in [-0.05, 0) is 78.4 Å². The second-order valence-electron chi connectivity index (χ2n) is 8.94. The molecule has 1 atom stereocenters. The van der Waals surface area contributed by atoms with Gasteiger partial charge in [0.15, 0.2) is 10.9 Å². The fourth-order valence-corrected chi connectivity index (χ4v) is 4.24. The van der Waals surface area contributed by atoms with Crippen LogP contribution in [0.25, 0.3) is 11.3 Å². The minimum absolute atomic E-state index is 0.0398. The smallest absolute Gasteiger partial charge is 0.419 e. The molecule has 188 valence electrons. The topological polar surface area (TPSA) is 64.0 Å². The summed E-state index contributed by atoms with van der Waals surface area (Å²) >= 11 is 5.52. The Kier molecular flexibility index (Phi) is 7.79. The van der Waals surface area contributed by atoms with E-state index in [-0.39, 0.29) is 5.75 Å². The SMILES string of the molecule is C=CC(F)(F)Oc1ccc(-n2cnc(C3=CC(CNC(=S)Nc4ccccc4C(C)C)CC3)n2)cc1. The van der Waals surface area contributed by atoms with Crippen molar-refractivity contribution < 1.29 is 13.5 Å². The lowest BCUT2D eigenvalue weighted by Crippen LogP contribution is -2.32. The van der Waals surface area contributed by atoms with Crippen LogP contribution in [0.1, 0.15) is 44.0 Å². The Morgan fingerprint density at radius 1 is 1.25 bits per heavy atom. The zero-order valence-corrected chi connectivity index (χ0v) is 21.1. The quantitative estimate of drug-likeness (QED) is 0.260. The second-order valence-corrected chi connectivity index (χ2v) is 9.35. The van der Waals surface area contributed by atoms with Gasteiger partial charge in [-0.25, -0.2) is 9.67 Å². The summed E-state index contributed by atoms with van der Waals surface area (Å²) in [4.78, 5) is 4.44. The number of anilines is 1. The van der Waals surface area contributed by atoms with Crippen molar-refractivity contribution in [1.82, 2.24) is 20.1 Å². The largest absolute Gasteiger partial charge is 0.429 e. The molecule has 0 aliphatic heterocycles. The van der Waals surface area contributed by atoms with Gasteiger partial charge in [-0.15, -0.1) is 5.10 Å². The molecule has 1 aliphatic rings. The van der Waals surface area contributed by atoms with Crippen molar-refractivity contribution in [3.05, 3.63) is 85.0 Å². The number of benzene rings is 2. The maximum atomic E-state index is 13.3. The van der Waals surface area contributed by atoms with Gasteiger partial charge in [-0.3, -0.25) is 0 Å². The molecular weight excluding hydrogens is 480 g/mol. The molecule has 1 heterocycles. The fraction of sp³-hybridized carbons (Fsp3) is 0.296. The normalized spacial score (nSPS) is 15.5. The number of para-hydroxylation sites is 1. The summed E-state index contributed by atoms with van der Waals surface area (Å²) in [6.07, 6.45) is 2.69. The van der Waals surface area contributed by atoms with Crippen LogP contribution in [0, 0.1) is 5.92 Å². The van der Waals surface area contributed by atoms with E-state index in [0.29, 0.717) is 34.5 Å². The Labute approximate surface area is 215 Å². The summed E-state index contributed by atoms with van der Waals surface area (Å²) in [5.41, 5.74) is 4.02. The van der Waals surface area contributed by atoms with Crippen molar-refractivity contribution in [3.63, 3.8) is 0 Å². The van der Waals surface area contributed by atoms with E-state index in [9.17, 15) is 8.78 Å². The molecule has 0 fully saturated rings. The van der Waals surface area contributed by atoms with Crippen LogP contribution in [-0.2, 0) is 0 Å². The molecule has 2 aromatic carbocycles. The fourth-order valence-electron chi connectivity index (χ4n) is 4.04. The number of rotatable bonds is 9. The first kappa shape index (κ1) is 25.5. The number of thiocarbonyl (C=S) groups is 1. The summed E-state index contributed by atoms with van der Waals surface area (Å²) in [5.74, 6) is 1.41. The van der Waals surface area contributed by atoms with Crippen molar-refractivity contribution in [2.75, 3.05) is 11.9 Å². The van der Waals surface area contributed by atoms with Crippen molar-refractivity contribution >= 4 is 28.6 Å². The van der Waals surface area contributed by atoms with Crippen LogP contribution in [0.15, 0.2) is 73.6 Å². The minimum atomic E-state index is -3.42. The second kappa shape index (κ2) is 11.0. The third-order valence-electron chi connectivity index (χ3n) is 5.95. The predicted octanol–water partition coefficient (Wildman–Crippen LogP) is 6.33. The summed E-state index contributed by atoms with van der Waals surface area (Å²) < 4.78 is 32.9. The predicted molar refractivity (Wildman–Crippen MR) is 143 cm³/mol. The van der Waals surface area contributed by atoms with Gasteiger partial charge in [-0.2, -0.15) is 8.78 Å². The van der Waals surface area contributed by atoms with Crippen molar-refractivity contribution in [2.24, 2.45) is 5.92 Å². The van der Waals surface area contributed by atoms with E-state index in [1.165, 1.54) is 17.7 Å². The Balaban J connectivity index is 1.33. The molecule has 1 unspecified atom stereocenters. The van der Waals surface area contributed by atoms with Gasteiger partial charge in [0.05, 0.1) is 5.69 Å². The van der Waals surface area contributed by atoms with E-state index in [1.54, 1.807) is 23.1 Å². The Morgan fingerprint density at radius 3 is 2.72 bits per heavy atom. The van der Waals surface area contributed by atoms with Crippen LogP contribution >= 0.6 is 12.2 Å². The maximum absolute atomic E-state index is 13.3. The third-order valence-corrected chi connectivity index (χ3v) is 6.20. The number of halogens is 2. The number of alkyl halides is 2. The van der Waals surface area contributed by atoms with Gasteiger partial charge in [0.1, 0.15) is 12.1 Å². The highest BCUT2D eigenvalue weighted by Crippen LogP contribution is 2.30. The van der Waals surface area contributed by atoms with Crippen LogP contribution < -0.4 is 15.4 Å². The van der Waals surface area contributed by atoms with Crippen LogP contribution in [-0.4, -0.2) is 32.5 Å². The van der Waals surface area contributed by atoms with Crippen LogP contribution in [0.4, 0.5) is 14.5 Å². The number of nitrogens with zero attached hydrogens (tertiary/aromatic N) is 3. The standard InChI is InChI=1S/C27H29F2N5OS/c1-4-27(28,29)35-22-13-11-21(12-14-22)34-17-31-25(33-34)20-10-9-19(15-20)16-30-26(36)32-24-8-6-5-7-23(24)18(2)3/h4-8,11-15,17-19H,1,9-10,16H2,2-3H3,(H2,30,32,36). The minimum Gasteiger partial charge on any atom is -0.429 e. The first-order valence-corrected chi connectivity index (χ1v) is 12.2. The van der Waals surface area contributed by atoms with E-state index >= 15 is 0 Å². The molecule has 6 nitrogen and oxygen atoms in total. The summed E-state index contributed by atoms with van der Waals surface area (Å²) in [6.45, 7) is 8.11. The molecule has 2 N–H and O–H groups in total. The van der Waals surface area contributed by atoms with E-state index in [4.69, 9.17) is 12.2 Å². The van der Waals surface area contributed by atoms with Gasteiger partial charge < -0.3 is 15.4 Å². The van der Waals surface area contributed by atoms with Gasteiger partial charge in [0, 0.05) is 18.3 Å². The molecule has 0 amide bonds. The molecular formula is C27H29F2N5OS. The van der Waals surface area contributed by atoms with Gasteiger partial charge >= 0.3 is 6.11 Å². The number of hydrogen-bond donors (Lipinski definition) is 2. The third kappa shape index (κ3) is 6.34. The lowest BCUT2D eigenvalue weighted by atomic mass is 10.0. The van der Waals surface area contributed by atoms with Crippen molar-refractivity contribution in [1.29, 1.82) is 0 Å². The molecule has 0 radical (unpaired) electrons. The molecule has 0 bridgehead atoms. The molecule has 0 saturated carbocycles. The lowest BCUT2D eigenvalue weighted by Gasteiger charge is -2.17. The molecule has 1 aromatic heterocycles. The van der Waals surface area contributed by atoms with Gasteiger partial charge in [0.2, 0.25) is 0 Å². The van der Waals surface area contributed by atoms with E-state index in [0.717, 1.165) is 30.6 Å². The number of hydrogen-bond acceptors (Lipinski definition) is 4. The summed E-state index contributed by atoms with van der Waals surface area (Å²) in [7, 11) is 0. The number of nitrogens with one attached hydrogen (secondary N) is 2. The first-order chi connectivity index (χ1) is 17.2. The first-order valence-electron chi connectivity index (χ1n) is 11.8. The average molecular weight is 510 g/mol. The molecule has 0 spiro atoms. The highest BCUT2D eigenvalue weighted by molar-refractivity contribution is 7.80. The molecule has 0 saturated heterocycles.